The van der Waals surface area contributed by atoms with Gasteiger partial charge in [-0.15, -0.1) is 0 Å². The number of primary amides is 2. The first-order valence-electron chi connectivity index (χ1n) is 8.19. The van der Waals surface area contributed by atoms with Gasteiger partial charge in [-0.3, -0.25) is 4.79 Å². The molecular weight excluding hydrogens is 344 g/mol. The molecule has 1 aromatic carbocycles. The van der Waals surface area contributed by atoms with Crippen LogP contribution in [0.4, 0.5) is 13.6 Å². The first-order chi connectivity index (χ1) is 12.2. The molecule has 26 heavy (non-hydrogen) atoms. The molecule has 0 saturated heterocycles. The monoisotopic (exact) mass is 363 g/mol. The molecule has 2 amide bonds. The van der Waals surface area contributed by atoms with Gasteiger partial charge < -0.3 is 21.2 Å². The largest absolute Gasteiger partial charge is 0.442 e. The average molecular weight is 363 g/mol. The Morgan fingerprint density at radius 2 is 1.92 bits per heavy atom. The second-order valence-corrected chi connectivity index (χ2v) is 6.43. The van der Waals surface area contributed by atoms with Crippen molar-refractivity contribution >= 4 is 28.5 Å². The SMILES string of the molecule is Cc1[nH]c2c(C(N)=O)c(F)c(F)c(C3=CC(OC(N)=O)CCC3)c2c1C. The van der Waals surface area contributed by atoms with E-state index in [0.29, 0.717) is 41.5 Å². The Morgan fingerprint density at radius 1 is 1.23 bits per heavy atom. The van der Waals surface area contributed by atoms with Crippen molar-refractivity contribution < 1.29 is 23.1 Å². The number of carbonyl (C=O) groups is 2. The molecule has 1 heterocycles. The van der Waals surface area contributed by atoms with Crippen LogP contribution in [0.3, 0.4) is 0 Å². The molecule has 5 N–H and O–H groups in total. The first-order valence-corrected chi connectivity index (χ1v) is 8.19. The van der Waals surface area contributed by atoms with Gasteiger partial charge in [-0.2, -0.15) is 0 Å². The van der Waals surface area contributed by atoms with E-state index in [1.807, 2.05) is 0 Å². The van der Waals surface area contributed by atoms with Gasteiger partial charge in [0, 0.05) is 16.6 Å². The van der Waals surface area contributed by atoms with E-state index in [2.05, 4.69) is 4.98 Å². The summed E-state index contributed by atoms with van der Waals surface area (Å²) in [5.74, 6) is -3.48. The van der Waals surface area contributed by atoms with E-state index < -0.39 is 35.3 Å². The third-order valence-corrected chi connectivity index (χ3v) is 4.79. The molecule has 1 aliphatic carbocycles. The van der Waals surface area contributed by atoms with Crippen LogP contribution < -0.4 is 11.5 Å². The normalized spacial score (nSPS) is 17.2. The van der Waals surface area contributed by atoms with Gasteiger partial charge in [-0.1, -0.05) is 0 Å². The van der Waals surface area contributed by atoms with Crippen LogP contribution in [0.1, 0.15) is 46.4 Å². The van der Waals surface area contributed by atoms with Crippen molar-refractivity contribution in [3.05, 3.63) is 40.1 Å². The summed E-state index contributed by atoms with van der Waals surface area (Å²) in [5, 5.41) is 0.404. The summed E-state index contributed by atoms with van der Waals surface area (Å²) >= 11 is 0. The lowest BCUT2D eigenvalue weighted by Crippen LogP contribution is -2.23. The van der Waals surface area contributed by atoms with Crippen molar-refractivity contribution in [1.82, 2.24) is 4.98 Å². The second kappa shape index (κ2) is 6.44. The summed E-state index contributed by atoms with van der Waals surface area (Å²) in [6.45, 7) is 3.49. The molecule has 0 saturated carbocycles. The number of rotatable bonds is 3. The van der Waals surface area contributed by atoms with Gasteiger partial charge in [0.15, 0.2) is 11.6 Å². The van der Waals surface area contributed by atoms with Crippen LogP contribution in [-0.2, 0) is 4.74 Å². The quantitative estimate of drug-likeness (QED) is 0.778. The van der Waals surface area contributed by atoms with Gasteiger partial charge in [0.25, 0.3) is 5.91 Å². The molecule has 1 aliphatic rings. The molecule has 1 aromatic heterocycles. The molecule has 0 fully saturated rings. The Labute approximate surface area is 148 Å². The first kappa shape index (κ1) is 17.9. The number of fused-ring (bicyclic) bond motifs is 1. The van der Waals surface area contributed by atoms with E-state index in [9.17, 15) is 18.4 Å². The number of H-pyrrole nitrogens is 1. The minimum absolute atomic E-state index is 0.0575. The number of amides is 2. The number of aryl methyl sites for hydroxylation is 2. The Kier molecular flexibility index (Phi) is 4.43. The number of halogens is 2. The Hall–Kier alpha value is -2.90. The minimum atomic E-state index is -1.29. The number of benzene rings is 1. The van der Waals surface area contributed by atoms with E-state index in [0.717, 1.165) is 0 Å². The van der Waals surface area contributed by atoms with Crippen molar-refractivity contribution in [3.8, 4) is 0 Å². The number of nitrogens with one attached hydrogen (secondary N) is 1. The van der Waals surface area contributed by atoms with Gasteiger partial charge in [-0.05, 0) is 50.3 Å². The highest BCUT2D eigenvalue weighted by atomic mass is 19.2. The van der Waals surface area contributed by atoms with Crippen LogP contribution in [0.25, 0.3) is 16.5 Å². The van der Waals surface area contributed by atoms with Crippen LogP contribution in [0.5, 0.6) is 0 Å². The van der Waals surface area contributed by atoms with Crippen LogP contribution in [0.15, 0.2) is 6.08 Å². The van der Waals surface area contributed by atoms with Gasteiger partial charge >= 0.3 is 6.09 Å². The van der Waals surface area contributed by atoms with Crippen LogP contribution in [0.2, 0.25) is 0 Å². The zero-order valence-electron chi connectivity index (χ0n) is 14.4. The maximum atomic E-state index is 14.9. The van der Waals surface area contributed by atoms with Crippen molar-refractivity contribution in [1.29, 1.82) is 0 Å². The van der Waals surface area contributed by atoms with Crippen LogP contribution >= 0.6 is 0 Å². The molecule has 3 rings (SSSR count). The summed E-state index contributed by atoms with van der Waals surface area (Å²) in [6.07, 6.45) is 1.68. The number of ether oxygens (including phenoxy) is 1. The summed E-state index contributed by atoms with van der Waals surface area (Å²) in [7, 11) is 0. The zero-order valence-corrected chi connectivity index (χ0v) is 14.4. The zero-order chi connectivity index (χ0) is 19.2. The fourth-order valence-corrected chi connectivity index (χ4v) is 3.53. The Bertz CT molecular complexity index is 963. The lowest BCUT2D eigenvalue weighted by molar-refractivity contribution is 0.0996. The minimum Gasteiger partial charge on any atom is -0.442 e. The Morgan fingerprint density at radius 3 is 2.54 bits per heavy atom. The number of hydrogen-bond acceptors (Lipinski definition) is 3. The van der Waals surface area contributed by atoms with Crippen LogP contribution in [0, 0.1) is 25.5 Å². The molecular formula is C18H19F2N3O3. The summed E-state index contributed by atoms with van der Waals surface area (Å²) in [6, 6.07) is 0. The Balaban J connectivity index is 2.31. The van der Waals surface area contributed by atoms with Crippen LogP contribution in [-0.4, -0.2) is 23.1 Å². The number of hydrogen-bond donors (Lipinski definition) is 3. The fraction of sp³-hybridized carbons (Fsp3) is 0.333. The second-order valence-electron chi connectivity index (χ2n) is 6.43. The van der Waals surface area contributed by atoms with E-state index in [4.69, 9.17) is 16.2 Å². The predicted molar refractivity (Wildman–Crippen MR) is 92.5 cm³/mol. The summed E-state index contributed by atoms with van der Waals surface area (Å²) in [4.78, 5) is 25.6. The maximum absolute atomic E-state index is 14.9. The van der Waals surface area contributed by atoms with Crippen molar-refractivity contribution in [2.45, 2.75) is 39.2 Å². The molecule has 1 atom stereocenters. The van der Waals surface area contributed by atoms with Crippen molar-refractivity contribution in [2.75, 3.05) is 0 Å². The lowest BCUT2D eigenvalue weighted by Gasteiger charge is -2.22. The molecule has 1 unspecified atom stereocenters. The smallest absolute Gasteiger partial charge is 0.405 e. The number of allylic oxidation sites excluding steroid dienone is 1. The van der Waals surface area contributed by atoms with E-state index in [1.165, 1.54) is 0 Å². The number of aromatic amines is 1. The standard InChI is InChI=1S/C18H19F2N3O3/c1-7-8(2)23-16-11(7)12(14(19)15(20)13(16)17(21)24)9-4-3-5-10(6-9)26-18(22)25/h6,10,23H,3-5H2,1-2H3,(H2,21,24)(H2,22,25). The molecule has 2 aromatic rings. The average Bonchev–Trinajstić information content (AvgIpc) is 2.83. The van der Waals surface area contributed by atoms with Gasteiger partial charge in [0.1, 0.15) is 11.7 Å². The van der Waals surface area contributed by atoms with Crippen molar-refractivity contribution in [3.63, 3.8) is 0 Å². The van der Waals surface area contributed by atoms with E-state index >= 15 is 0 Å². The highest BCUT2D eigenvalue weighted by Gasteiger charge is 2.29. The highest BCUT2D eigenvalue weighted by Crippen LogP contribution is 2.39. The molecule has 0 aliphatic heterocycles. The van der Waals surface area contributed by atoms with E-state index in [1.54, 1.807) is 19.9 Å². The van der Waals surface area contributed by atoms with Gasteiger partial charge in [0.05, 0.1) is 5.52 Å². The molecule has 6 nitrogen and oxygen atoms in total. The topological polar surface area (TPSA) is 111 Å². The molecule has 138 valence electrons. The molecule has 0 bridgehead atoms. The maximum Gasteiger partial charge on any atom is 0.405 e. The third kappa shape index (κ3) is 2.81. The lowest BCUT2D eigenvalue weighted by atomic mass is 9.88. The molecule has 0 radical (unpaired) electrons. The number of nitrogens with two attached hydrogens (primary N) is 2. The highest BCUT2D eigenvalue weighted by molar-refractivity contribution is 6.09. The predicted octanol–water partition coefficient (Wildman–Crippen LogP) is 3.19. The van der Waals surface area contributed by atoms with Gasteiger partial charge in [-0.25, -0.2) is 13.6 Å². The third-order valence-electron chi connectivity index (χ3n) is 4.79. The summed E-state index contributed by atoms with van der Waals surface area (Å²) < 4.78 is 34.6. The molecule has 8 heteroatoms. The van der Waals surface area contributed by atoms with Gasteiger partial charge in [0.2, 0.25) is 0 Å². The fourth-order valence-electron chi connectivity index (χ4n) is 3.53. The van der Waals surface area contributed by atoms with Crippen molar-refractivity contribution in [2.24, 2.45) is 11.5 Å². The van der Waals surface area contributed by atoms with E-state index in [-0.39, 0.29) is 11.1 Å². The number of aromatic nitrogens is 1. The molecule has 0 spiro atoms. The summed E-state index contributed by atoms with van der Waals surface area (Å²) in [5.41, 5.74) is 11.9. The number of carbonyl (C=O) groups excluding carboxylic acids is 2.